The maximum Gasteiger partial charge on any atom is 0.340 e. The van der Waals surface area contributed by atoms with Gasteiger partial charge in [0.05, 0.1) is 4.92 Å². The first-order valence-corrected chi connectivity index (χ1v) is 4.91. The molecule has 0 spiro atoms. The zero-order valence-corrected chi connectivity index (χ0v) is 9.07. The van der Waals surface area contributed by atoms with Gasteiger partial charge in [-0.3, -0.25) is 10.1 Å². The van der Waals surface area contributed by atoms with E-state index in [4.69, 9.17) is 5.73 Å². The quantitative estimate of drug-likeness (QED) is 0.622. The highest BCUT2D eigenvalue weighted by molar-refractivity contribution is 5.71. The minimum Gasteiger partial charge on any atom is -0.378 e. The molecule has 0 fully saturated rings. The molecule has 2 N–H and O–H groups in total. The van der Waals surface area contributed by atoms with Crippen LogP contribution in [0.25, 0.3) is 11.5 Å². The van der Waals surface area contributed by atoms with Crippen molar-refractivity contribution in [2.75, 3.05) is 5.73 Å². The average Bonchev–Trinajstić information content (AvgIpc) is 2.75. The highest BCUT2D eigenvalue weighted by atomic mass is 16.6. The molecule has 2 rings (SSSR count). The molecule has 2 heterocycles. The van der Waals surface area contributed by atoms with E-state index >= 15 is 0 Å². The number of imidazole rings is 1. The first kappa shape index (κ1) is 11.0. The van der Waals surface area contributed by atoms with Crippen LogP contribution in [0.2, 0.25) is 0 Å². The lowest BCUT2D eigenvalue weighted by molar-refractivity contribution is -0.383. The molecular formula is C9H10N6O2. The smallest absolute Gasteiger partial charge is 0.340 e. The van der Waals surface area contributed by atoms with Gasteiger partial charge in [0.2, 0.25) is 5.82 Å². The van der Waals surface area contributed by atoms with Crippen molar-refractivity contribution in [3.63, 3.8) is 0 Å². The summed E-state index contributed by atoms with van der Waals surface area (Å²) in [5, 5.41) is 10.9. The zero-order chi connectivity index (χ0) is 12.4. The molecule has 0 atom stereocenters. The van der Waals surface area contributed by atoms with E-state index in [1.807, 2.05) is 6.92 Å². The Bertz CT molecular complexity index is 564. The summed E-state index contributed by atoms with van der Waals surface area (Å²) >= 11 is 0. The van der Waals surface area contributed by atoms with Crippen LogP contribution in [-0.2, 0) is 6.54 Å². The summed E-state index contributed by atoms with van der Waals surface area (Å²) in [5.41, 5.74) is 5.31. The third-order valence-corrected chi connectivity index (χ3v) is 2.30. The van der Waals surface area contributed by atoms with Gasteiger partial charge < -0.3 is 10.3 Å². The van der Waals surface area contributed by atoms with Gasteiger partial charge in [0.15, 0.2) is 11.5 Å². The molecule has 17 heavy (non-hydrogen) atoms. The van der Waals surface area contributed by atoms with Gasteiger partial charge in [-0.1, -0.05) is 0 Å². The number of hydrogen-bond acceptors (Lipinski definition) is 6. The fourth-order valence-corrected chi connectivity index (χ4v) is 1.52. The largest absolute Gasteiger partial charge is 0.378 e. The lowest BCUT2D eigenvalue weighted by Crippen LogP contribution is -2.05. The molecule has 0 aliphatic carbocycles. The van der Waals surface area contributed by atoms with Crippen molar-refractivity contribution in [2.24, 2.45) is 0 Å². The second kappa shape index (κ2) is 4.16. The van der Waals surface area contributed by atoms with E-state index in [-0.39, 0.29) is 17.2 Å². The highest BCUT2D eigenvalue weighted by Gasteiger charge is 2.24. The van der Waals surface area contributed by atoms with Gasteiger partial charge in [-0.15, -0.1) is 0 Å². The van der Waals surface area contributed by atoms with Gasteiger partial charge in [-0.2, -0.15) is 0 Å². The predicted molar refractivity (Wildman–Crippen MR) is 60.0 cm³/mol. The minimum atomic E-state index is -0.598. The summed E-state index contributed by atoms with van der Waals surface area (Å²) in [6.45, 7) is 2.54. The first-order valence-electron chi connectivity index (χ1n) is 4.91. The summed E-state index contributed by atoms with van der Waals surface area (Å²) in [4.78, 5) is 21.9. The van der Waals surface area contributed by atoms with E-state index in [1.165, 1.54) is 6.33 Å². The number of nitrogen functional groups attached to an aromatic ring is 1. The van der Waals surface area contributed by atoms with Crippen molar-refractivity contribution in [1.82, 2.24) is 19.5 Å². The van der Waals surface area contributed by atoms with Crippen LogP contribution in [0.15, 0.2) is 18.7 Å². The maximum absolute atomic E-state index is 10.9. The van der Waals surface area contributed by atoms with Crippen LogP contribution >= 0.6 is 0 Å². The number of anilines is 1. The van der Waals surface area contributed by atoms with E-state index in [0.717, 1.165) is 0 Å². The number of hydrogen-bond donors (Lipinski definition) is 1. The average molecular weight is 234 g/mol. The fraction of sp³-hybridized carbons (Fsp3) is 0.222. The van der Waals surface area contributed by atoms with Gasteiger partial charge in [0.1, 0.15) is 6.33 Å². The molecule has 88 valence electrons. The van der Waals surface area contributed by atoms with Crippen LogP contribution in [0.5, 0.6) is 0 Å². The number of nitro groups is 1. The van der Waals surface area contributed by atoms with Crippen molar-refractivity contribution in [3.05, 3.63) is 28.8 Å². The second-order valence-electron chi connectivity index (χ2n) is 3.25. The Morgan fingerprint density at radius 3 is 2.88 bits per heavy atom. The summed E-state index contributed by atoms with van der Waals surface area (Å²) in [5.74, 6) is 0.249. The van der Waals surface area contributed by atoms with Gasteiger partial charge in [-0.05, 0) is 6.92 Å². The third-order valence-electron chi connectivity index (χ3n) is 2.30. The molecule has 8 nitrogen and oxygen atoms in total. The molecule has 0 radical (unpaired) electrons. The van der Waals surface area contributed by atoms with Crippen molar-refractivity contribution < 1.29 is 4.92 Å². The van der Waals surface area contributed by atoms with Crippen molar-refractivity contribution in [2.45, 2.75) is 13.5 Å². The lowest BCUT2D eigenvalue weighted by atomic mass is 10.3. The molecule has 0 saturated carbocycles. The van der Waals surface area contributed by atoms with Crippen LogP contribution in [0.1, 0.15) is 6.92 Å². The molecule has 0 unspecified atom stereocenters. The van der Waals surface area contributed by atoms with Gasteiger partial charge in [-0.25, -0.2) is 15.0 Å². The van der Waals surface area contributed by atoms with E-state index in [0.29, 0.717) is 12.4 Å². The summed E-state index contributed by atoms with van der Waals surface area (Å²) in [6.07, 6.45) is 4.46. The molecule has 0 amide bonds. The Hall–Kier alpha value is -2.51. The van der Waals surface area contributed by atoms with Crippen molar-refractivity contribution in [3.8, 4) is 11.5 Å². The van der Waals surface area contributed by atoms with E-state index in [9.17, 15) is 10.1 Å². The van der Waals surface area contributed by atoms with Crippen LogP contribution in [0.4, 0.5) is 11.5 Å². The topological polar surface area (TPSA) is 113 Å². The van der Waals surface area contributed by atoms with E-state index < -0.39 is 4.92 Å². The molecule has 2 aromatic rings. The second-order valence-corrected chi connectivity index (χ2v) is 3.25. The lowest BCUT2D eigenvalue weighted by Gasteiger charge is -2.05. The van der Waals surface area contributed by atoms with Crippen LogP contribution in [0.3, 0.4) is 0 Å². The summed E-state index contributed by atoms with van der Waals surface area (Å²) < 4.78 is 1.74. The molecular weight excluding hydrogens is 224 g/mol. The fourth-order valence-electron chi connectivity index (χ4n) is 1.52. The van der Waals surface area contributed by atoms with E-state index in [2.05, 4.69) is 15.0 Å². The molecule has 2 aromatic heterocycles. The summed E-state index contributed by atoms with van der Waals surface area (Å²) in [7, 11) is 0. The molecule has 0 aliphatic rings. The molecule has 0 bridgehead atoms. The zero-order valence-electron chi connectivity index (χ0n) is 9.07. The number of nitrogens with two attached hydrogens (primary N) is 1. The molecule has 8 heteroatoms. The van der Waals surface area contributed by atoms with Crippen LogP contribution < -0.4 is 5.73 Å². The SMILES string of the molecule is CCn1ccnc1-c1ncnc(N)c1[N+](=O)[O-]. The monoisotopic (exact) mass is 234 g/mol. The number of rotatable bonds is 3. The first-order chi connectivity index (χ1) is 8.15. The molecule has 0 aliphatic heterocycles. The standard InChI is InChI=1S/C9H10N6O2/c1-2-14-4-3-11-9(14)6-7(15(16)17)8(10)13-5-12-6/h3-5H,2H2,1H3,(H2,10,12,13). The molecule has 0 saturated heterocycles. The number of nitrogens with zero attached hydrogens (tertiary/aromatic N) is 5. The Morgan fingerprint density at radius 1 is 1.47 bits per heavy atom. The van der Waals surface area contributed by atoms with Gasteiger partial charge >= 0.3 is 5.69 Å². The Kier molecular flexibility index (Phi) is 2.69. The Balaban J connectivity index is 2.67. The number of aryl methyl sites for hydroxylation is 1. The van der Waals surface area contributed by atoms with Crippen LogP contribution in [0, 0.1) is 10.1 Å². The predicted octanol–water partition coefficient (Wildman–Crippen LogP) is 0.850. The molecule has 0 aromatic carbocycles. The normalized spacial score (nSPS) is 10.4. The van der Waals surface area contributed by atoms with Crippen molar-refractivity contribution in [1.29, 1.82) is 0 Å². The van der Waals surface area contributed by atoms with Crippen molar-refractivity contribution >= 4 is 11.5 Å². The van der Waals surface area contributed by atoms with Gasteiger partial charge in [0, 0.05) is 18.9 Å². The number of aromatic nitrogens is 4. The van der Waals surface area contributed by atoms with Crippen LogP contribution in [-0.4, -0.2) is 24.4 Å². The third kappa shape index (κ3) is 1.80. The van der Waals surface area contributed by atoms with E-state index in [1.54, 1.807) is 17.0 Å². The highest BCUT2D eigenvalue weighted by Crippen LogP contribution is 2.29. The van der Waals surface area contributed by atoms with Gasteiger partial charge in [0.25, 0.3) is 0 Å². The Morgan fingerprint density at radius 2 is 2.24 bits per heavy atom. The minimum absolute atomic E-state index is 0.134. The Labute approximate surface area is 96.3 Å². The summed E-state index contributed by atoms with van der Waals surface area (Å²) in [6, 6.07) is 0. The maximum atomic E-state index is 10.9.